The third-order valence-corrected chi connectivity index (χ3v) is 4.81. The van der Waals surface area contributed by atoms with Crippen molar-refractivity contribution in [1.29, 1.82) is 0 Å². The van der Waals surface area contributed by atoms with Gasteiger partial charge in [-0.15, -0.1) is 0 Å². The number of aromatic nitrogens is 3. The molecule has 1 aliphatic rings. The van der Waals surface area contributed by atoms with E-state index in [1.807, 2.05) is 35.8 Å². The molecule has 0 bridgehead atoms. The summed E-state index contributed by atoms with van der Waals surface area (Å²) >= 11 is 0. The minimum Gasteiger partial charge on any atom is -0.465 e. The van der Waals surface area contributed by atoms with Crippen molar-refractivity contribution < 1.29 is 14.6 Å². The number of carbonyl (C=O) groups is 1. The molecule has 3 aromatic rings. The number of morpholine rings is 1. The number of hydrogen-bond donors (Lipinski definition) is 2. The number of amides is 1. The molecular weight excluding hydrogens is 346 g/mol. The van der Waals surface area contributed by atoms with E-state index in [0.717, 1.165) is 59.9 Å². The van der Waals surface area contributed by atoms with Gasteiger partial charge in [0.25, 0.3) is 0 Å². The maximum Gasteiger partial charge on any atom is 0.404 e. The number of ether oxygens (including phenoxy) is 1. The quantitative estimate of drug-likeness (QED) is 0.735. The summed E-state index contributed by atoms with van der Waals surface area (Å²) in [6.45, 7) is 5.45. The molecule has 3 heterocycles. The molecule has 1 amide bonds. The number of nitrogens with one attached hydrogen (secondary N) is 1. The van der Waals surface area contributed by atoms with Crippen LogP contribution in [0, 0.1) is 6.92 Å². The van der Waals surface area contributed by atoms with E-state index in [0.29, 0.717) is 0 Å². The fraction of sp³-hybridized carbons (Fsp3) is 0.316. The Labute approximate surface area is 156 Å². The third kappa shape index (κ3) is 3.56. The molecule has 8 nitrogen and oxygen atoms in total. The smallest absolute Gasteiger partial charge is 0.404 e. The Morgan fingerprint density at radius 1 is 1.30 bits per heavy atom. The number of rotatable bonds is 4. The molecule has 0 radical (unpaired) electrons. The lowest BCUT2D eigenvalue weighted by atomic mass is 10.0. The van der Waals surface area contributed by atoms with Gasteiger partial charge in [-0.3, -0.25) is 0 Å². The molecule has 2 aromatic heterocycles. The molecule has 1 aromatic carbocycles. The van der Waals surface area contributed by atoms with Crippen molar-refractivity contribution >= 4 is 17.3 Å². The first kappa shape index (κ1) is 17.3. The Hall–Kier alpha value is -3.13. The number of anilines is 1. The first-order chi connectivity index (χ1) is 13.1. The summed E-state index contributed by atoms with van der Waals surface area (Å²) in [5.41, 5.74) is 5.83. The van der Waals surface area contributed by atoms with E-state index < -0.39 is 6.09 Å². The third-order valence-electron chi connectivity index (χ3n) is 4.81. The average molecular weight is 367 g/mol. The highest BCUT2D eigenvalue weighted by molar-refractivity contribution is 5.80. The van der Waals surface area contributed by atoms with Gasteiger partial charge in [-0.05, 0) is 30.2 Å². The predicted molar refractivity (Wildman–Crippen MR) is 101 cm³/mol. The van der Waals surface area contributed by atoms with Crippen LogP contribution in [0.4, 0.5) is 10.5 Å². The van der Waals surface area contributed by atoms with Gasteiger partial charge in [0.15, 0.2) is 0 Å². The predicted octanol–water partition coefficient (Wildman–Crippen LogP) is 2.31. The molecule has 140 valence electrons. The standard InChI is InChI=1S/C19H21N5O3/c1-13-8-14(2-3-15(13)10-20-19(25)26)18-17-9-16(11-24(17)22-12-21-18)23-4-6-27-7-5-23/h2-3,8-9,11-12,20H,4-7,10H2,1H3,(H,25,26). The van der Waals surface area contributed by atoms with Gasteiger partial charge in [-0.2, -0.15) is 5.10 Å². The molecule has 27 heavy (non-hydrogen) atoms. The number of fused-ring (bicyclic) bond motifs is 1. The summed E-state index contributed by atoms with van der Waals surface area (Å²) in [5, 5.41) is 15.5. The fourth-order valence-electron chi connectivity index (χ4n) is 3.35. The molecule has 0 saturated carbocycles. The number of benzene rings is 1. The Bertz CT molecular complexity index is 979. The Morgan fingerprint density at radius 2 is 2.11 bits per heavy atom. The van der Waals surface area contributed by atoms with Crippen molar-refractivity contribution in [2.24, 2.45) is 0 Å². The van der Waals surface area contributed by atoms with Gasteiger partial charge in [-0.1, -0.05) is 12.1 Å². The summed E-state index contributed by atoms with van der Waals surface area (Å²) in [6.07, 6.45) is 2.55. The first-order valence-corrected chi connectivity index (χ1v) is 8.84. The zero-order valence-corrected chi connectivity index (χ0v) is 15.1. The molecule has 0 atom stereocenters. The van der Waals surface area contributed by atoms with Crippen LogP contribution in [0.3, 0.4) is 0 Å². The van der Waals surface area contributed by atoms with Crippen molar-refractivity contribution in [3.63, 3.8) is 0 Å². The maximum atomic E-state index is 10.7. The van der Waals surface area contributed by atoms with Crippen LogP contribution in [0.5, 0.6) is 0 Å². The lowest BCUT2D eigenvalue weighted by Crippen LogP contribution is -2.35. The molecule has 1 fully saturated rings. The lowest BCUT2D eigenvalue weighted by Gasteiger charge is -2.27. The van der Waals surface area contributed by atoms with Gasteiger partial charge in [0.05, 0.1) is 36.3 Å². The molecule has 4 rings (SSSR count). The molecule has 0 unspecified atom stereocenters. The Morgan fingerprint density at radius 3 is 2.85 bits per heavy atom. The molecule has 2 N–H and O–H groups in total. The number of carboxylic acid groups (broad SMARTS) is 1. The van der Waals surface area contributed by atoms with Crippen LogP contribution in [0.15, 0.2) is 36.8 Å². The van der Waals surface area contributed by atoms with Crippen LogP contribution in [0.2, 0.25) is 0 Å². The second-order valence-corrected chi connectivity index (χ2v) is 6.54. The highest BCUT2D eigenvalue weighted by Gasteiger charge is 2.16. The largest absolute Gasteiger partial charge is 0.465 e. The second kappa shape index (κ2) is 7.24. The van der Waals surface area contributed by atoms with E-state index in [1.165, 1.54) is 0 Å². The Kier molecular flexibility index (Phi) is 4.64. The van der Waals surface area contributed by atoms with Gasteiger partial charge >= 0.3 is 6.09 Å². The highest BCUT2D eigenvalue weighted by atomic mass is 16.5. The molecule has 8 heteroatoms. The van der Waals surface area contributed by atoms with E-state index >= 15 is 0 Å². The van der Waals surface area contributed by atoms with Crippen molar-refractivity contribution in [1.82, 2.24) is 19.9 Å². The monoisotopic (exact) mass is 367 g/mol. The van der Waals surface area contributed by atoms with E-state index in [-0.39, 0.29) is 6.54 Å². The van der Waals surface area contributed by atoms with E-state index in [9.17, 15) is 4.79 Å². The van der Waals surface area contributed by atoms with Crippen LogP contribution in [-0.4, -0.2) is 52.1 Å². The molecule has 0 aliphatic carbocycles. The fourth-order valence-corrected chi connectivity index (χ4v) is 3.35. The summed E-state index contributed by atoms with van der Waals surface area (Å²) in [6, 6.07) is 8.04. The minimum absolute atomic E-state index is 0.285. The van der Waals surface area contributed by atoms with Gasteiger partial charge in [-0.25, -0.2) is 14.3 Å². The topological polar surface area (TPSA) is 92.0 Å². The van der Waals surface area contributed by atoms with E-state index in [2.05, 4.69) is 26.4 Å². The molecule has 1 saturated heterocycles. The maximum absolute atomic E-state index is 10.7. The zero-order chi connectivity index (χ0) is 18.8. The van der Waals surface area contributed by atoms with Crippen molar-refractivity contribution in [3.05, 3.63) is 47.9 Å². The van der Waals surface area contributed by atoms with Crippen molar-refractivity contribution in [2.75, 3.05) is 31.2 Å². The summed E-state index contributed by atoms with van der Waals surface area (Å²) in [7, 11) is 0. The molecule has 0 spiro atoms. The van der Waals surface area contributed by atoms with Crippen molar-refractivity contribution in [3.8, 4) is 11.3 Å². The average Bonchev–Trinajstić information content (AvgIpc) is 3.12. The van der Waals surface area contributed by atoms with Gasteiger partial charge in [0.2, 0.25) is 0 Å². The summed E-state index contributed by atoms with van der Waals surface area (Å²) in [5.74, 6) is 0. The van der Waals surface area contributed by atoms with Crippen LogP contribution < -0.4 is 10.2 Å². The highest BCUT2D eigenvalue weighted by Crippen LogP contribution is 2.28. The van der Waals surface area contributed by atoms with Crippen LogP contribution in [0.25, 0.3) is 16.8 Å². The van der Waals surface area contributed by atoms with Crippen LogP contribution in [0.1, 0.15) is 11.1 Å². The summed E-state index contributed by atoms with van der Waals surface area (Å²) in [4.78, 5) is 17.5. The minimum atomic E-state index is -1.03. The van der Waals surface area contributed by atoms with Gasteiger partial charge in [0.1, 0.15) is 6.33 Å². The van der Waals surface area contributed by atoms with Gasteiger partial charge < -0.3 is 20.1 Å². The number of aryl methyl sites for hydroxylation is 1. The number of nitrogens with zero attached hydrogens (tertiary/aromatic N) is 4. The van der Waals surface area contributed by atoms with Crippen LogP contribution >= 0.6 is 0 Å². The molecular formula is C19H21N5O3. The lowest BCUT2D eigenvalue weighted by molar-refractivity contribution is 0.122. The van der Waals surface area contributed by atoms with E-state index in [1.54, 1.807) is 6.33 Å². The zero-order valence-electron chi connectivity index (χ0n) is 15.1. The normalized spacial score (nSPS) is 14.5. The van der Waals surface area contributed by atoms with Crippen molar-refractivity contribution in [2.45, 2.75) is 13.5 Å². The van der Waals surface area contributed by atoms with E-state index in [4.69, 9.17) is 9.84 Å². The Balaban J connectivity index is 1.67. The molecule has 1 aliphatic heterocycles. The summed E-state index contributed by atoms with van der Waals surface area (Å²) < 4.78 is 7.28. The SMILES string of the molecule is Cc1cc(-c2ncnn3cc(N4CCOCC4)cc23)ccc1CNC(=O)O. The van der Waals surface area contributed by atoms with Gasteiger partial charge in [0, 0.05) is 25.2 Å². The van der Waals surface area contributed by atoms with Crippen LogP contribution in [-0.2, 0) is 11.3 Å². The number of hydrogen-bond acceptors (Lipinski definition) is 5. The second-order valence-electron chi connectivity index (χ2n) is 6.54. The first-order valence-electron chi connectivity index (χ1n) is 8.84.